The van der Waals surface area contributed by atoms with Crippen LogP contribution in [0.4, 0.5) is 30.4 Å². The van der Waals surface area contributed by atoms with Crippen LogP contribution in [0.3, 0.4) is 0 Å². The fourth-order valence-corrected chi connectivity index (χ4v) is 5.85. The van der Waals surface area contributed by atoms with Crippen LogP contribution in [0.1, 0.15) is 58.8 Å². The molecule has 1 atom stereocenters. The third-order valence-corrected chi connectivity index (χ3v) is 8.22. The first kappa shape index (κ1) is 27.6. The predicted octanol–water partition coefficient (Wildman–Crippen LogP) is 6.85. The molecule has 7 nitrogen and oxygen atoms in total. The van der Waals surface area contributed by atoms with Gasteiger partial charge in [-0.2, -0.15) is 0 Å². The van der Waals surface area contributed by atoms with Crippen molar-refractivity contribution in [3.63, 3.8) is 0 Å². The van der Waals surface area contributed by atoms with E-state index >= 15 is 0 Å². The molecule has 10 heteroatoms. The summed E-state index contributed by atoms with van der Waals surface area (Å²) in [4.78, 5) is 34.4. The van der Waals surface area contributed by atoms with Crippen LogP contribution < -0.4 is 16.0 Å². The van der Waals surface area contributed by atoms with Crippen molar-refractivity contribution in [2.24, 2.45) is 0 Å². The van der Waals surface area contributed by atoms with Gasteiger partial charge in [-0.1, -0.05) is 30.3 Å². The molecule has 42 heavy (non-hydrogen) atoms. The highest BCUT2D eigenvalue weighted by Crippen LogP contribution is 2.44. The topological polar surface area (TPSA) is 98.9 Å². The molecule has 1 saturated carbocycles. The maximum atomic E-state index is 13.4. The second-order valence-corrected chi connectivity index (χ2v) is 11.1. The van der Waals surface area contributed by atoms with Crippen LogP contribution in [0.15, 0.2) is 66.9 Å². The number of alkyl halides is 2. The molecule has 6 rings (SSSR count). The fraction of sp³-hybridized carbons (Fsp3) is 0.281. The summed E-state index contributed by atoms with van der Waals surface area (Å²) in [6.45, 7) is 1.97. The third kappa shape index (κ3) is 5.36. The van der Waals surface area contributed by atoms with E-state index in [1.807, 2.05) is 31.2 Å². The molecule has 2 aromatic carbocycles. The van der Waals surface area contributed by atoms with Crippen LogP contribution in [0, 0.1) is 12.7 Å². The highest BCUT2D eigenvalue weighted by molar-refractivity contribution is 6.07. The number of pyridine rings is 1. The van der Waals surface area contributed by atoms with Gasteiger partial charge in [-0.25, -0.2) is 18.2 Å². The number of aromatic nitrogens is 2. The molecule has 3 heterocycles. The molecule has 4 aromatic rings. The number of carbonyl (C=O) groups excluding carboxylic acids is 2. The lowest BCUT2D eigenvalue weighted by Crippen LogP contribution is -2.57. The second-order valence-electron chi connectivity index (χ2n) is 11.1. The number of para-hydroxylation sites is 1. The number of amides is 2. The summed E-state index contributed by atoms with van der Waals surface area (Å²) in [5.74, 6) is -2.39. The monoisotopic (exact) mass is 573 g/mol. The van der Waals surface area contributed by atoms with Gasteiger partial charge < -0.3 is 20.9 Å². The minimum Gasteiger partial charge on any atom is -0.356 e. The summed E-state index contributed by atoms with van der Waals surface area (Å²) in [5, 5.41) is 9.34. The van der Waals surface area contributed by atoms with Gasteiger partial charge in [-0.05, 0) is 67.6 Å². The number of benzene rings is 2. The molecular weight excluding hydrogens is 543 g/mol. The maximum absolute atomic E-state index is 13.4. The zero-order valence-corrected chi connectivity index (χ0v) is 22.9. The Bertz CT molecular complexity index is 1650. The summed E-state index contributed by atoms with van der Waals surface area (Å²) in [7, 11) is 0. The number of carbonyl (C=O) groups is 2. The number of hydrogen-bond donors (Lipinski definition) is 4. The van der Waals surface area contributed by atoms with E-state index in [-0.39, 0.29) is 22.8 Å². The molecule has 1 fully saturated rings. The van der Waals surface area contributed by atoms with Crippen molar-refractivity contribution in [2.45, 2.75) is 56.9 Å². The molecule has 0 bridgehead atoms. The zero-order valence-electron chi connectivity index (χ0n) is 22.9. The van der Waals surface area contributed by atoms with Crippen molar-refractivity contribution in [1.29, 1.82) is 0 Å². The number of rotatable bonds is 8. The van der Waals surface area contributed by atoms with E-state index in [1.54, 1.807) is 12.1 Å². The molecule has 2 aliphatic rings. The fourth-order valence-electron chi connectivity index (χ4n) is 5.85. The first-order valence-corrected chi connectivity index (χ1v) is 13.9. The summed E-state index contributed by atoms with van der Waals surface area (Å²) in [5.41, 5.74) is 5.17. The molecular formula is C32H30F3N5O2. The number of fused-ring (bicyclic) bond motifs is 1. The van der Waals surface area contributed by atoms with Crippen LogP contribution >= 0.6 is 0 Å². The third-order valence-electron chi connectivity index (χ3n) is 8.22. The van der Waals surface area contributed by atoms with Gasteiger partial charge in [0, 0.05) is 41.5 Å². The van der Waals surface area contributed by atoms with E-state index < -0.39 is 30.5 Å². The lowest BCUT2D eigenvalue weighted by molar-refractivity contribution is -0.118. The number of H-pyrrole nitrogens is 1. The Balaban J connectivity index is 1.35. The molecule has 1 aliphatic carbocycles. The van der Waals surface area contributed by atoms with E-state index in [2.05, 4.69) is 25.9 Å². The Morgan fingerprint density at radius 1 is 1.10 bits per heavy atom. The van der Waals surface area contributed by atoms with Gasteiger partial charge in [-0.15, -0.1) is 0 Å². The van der Waals surface area contributed by atoms with Crippen LogP contribution in [0.25, 0.3) is 11.3 Å². The zero-order chi connectivity index (χ0) is 29.4. The smallest absolute Gasteiger partial charge is 0.255 e. The molecule has 2 aromatic heterocycles. The van der Waals surface area contributed by atoms with E-state index in [0.29, 0.717) is 28.9 Å². The molecule has 1 aliphatic heterocycles. The Labute approximate surface area is 241 Å². The van der Waals surface area contributed by atoms with Gasteiger partial charge in [0.25, 0.3) is 5.91 Å². The number of hydrogen-bond acceptors (Lipinski definition) is 4. The number of nitrogens with one attached hydrogen (secondary N) is 4. The Kier molecular flexibility index (Phi) is 7.22. The predicted molar refractivity (Wildman–Crippen MR) is 155 cm³/mol. The number of anilines is 3. The summed E-state index contributed by atoms with van der Waals surface area (Å²) in [6, 6.07) is 16.1. The normalized spacial score (nSPS) is 16.0. The summed E-state index contributed by atoms with van der Waals surface area (Å²) < 4.78 is 40.2. The average molecular weight is 574 g/mol. The van der Waals surface area contributed by atoms with E-state index in [1.165, 1.54) is 18.3 Å². The minimum absolute atomic E-state index is 0.147. The lowest BCUT2D eigenvalue weighted by atomic mass is 9.71. The number of halogens is 3. The van der Waals surface area contributed by atoms with Crippen molar-refractivity contribution in [3.05, 3.63) is 95.1 Å². The molecule has 0 radical (unpaired) electrons. The van der Waals surface area contributed by atoms with Crippen LogP contribution in [-0.2, 0) is 11.2 Å². The summed E-state index contributed by atoms with van der Waals surface area (Å²) in [6.07, 6.45) is 1.64. The molecule has 216 valence electrons. The van der Waals surface area contributed by atoms with Crippen LogP contribution in [0.2, 0.25) is 0 Å². The highest BCUT2D eigenvalue weighted by Gasteiger charge is 2.45. The average Bonchev–Trinajstić information content (AvgIpc) is 3.31. The maximum Gasteiger partial charge on any atom is 0.255 e. The molecule has 4 N–H and O–H groups in total. The van der Waals surface area contributed by atoms with Gasteiger partial charge >= 0.3 is 0 Å². The Hall–Kier alpha value is -4.60. The van der Waals surface area contributed by atoms with Crippen LogP contribution in [0.5, 0.6) is 0 Å². The Morgan fingerprint density at radius 2 is 1.86 bits per heavy atom. The lowest BCUT2D eigenvalue weighted by Gasteiger charge is -2.45. The van der Waals surface area contributed by atoms with Crippen LogP contribution in [-0.4, -0.2) is 33.7 Å². The molecule has 0 saturated heterocycles. The van der Waals surface area contributed by atoms with E-state index in [9.17, 15) is 22.8 Å². The number of aromatic amines is 1. The first-order valence-electron chi connectivity index (χ1n) is 13.9. The number of nitrogens with zero attached hydrogens (tertiary/aromatic N) is 1. The van der Waals surface area contributed by atoms with Gasteiger partial charge in [0.15, 0.2) is 0 Å². The quantitative estimate of drug-likeness (QED) is 0.185. The van der Waals surface area contributed by atoms with Crippen molar-refractivity contribution in [3.8, 4) is 11.3 Å². The molecule has 1 spiro atoms. The second kappa shape index (κ2) is 11.0. The minimum atomic E-state index is -2.74. The molecule has 0 unspecified atom stereocenters. The van der Waals surface area contributed by atoms with Gasteiger partial charge in [-0.3, -0.25) is 9.59 Å². The van der Waals surface area contributed by atoms with Crippen molar-refractivity contribution in [1.82, 2.24) is 15.3 Å². The van der Waals surface area contributed by atoms with Crippen molar-refractivity contribution >= 4 is 29.0 Å². The SMILES string of the molecule is Cc1ccccc1Nc1c(-c2ccnc(NC(=O)[C@H](CC(F)F)c3ccc(F)cc3)c2)[nH]c2c1C(=O)NC1(CCC1)C2. The number of aryl methyl sites for hydroxylation is 1. The highest BCUT2D eigenvalue weighted by atomic mass is 19.3. The van der Waals surface area contributed by atoms with Crippen molar-refractivity contribution < 1.29 is 22.8 Å². The van der Waals surface area contributed by atoms with Crippen molar-refractivity contribution in [2.75, 3.05) is 10.6 Å². The largest absolute Gasteiger partial charge is 0.356 e. The summed E-state index contributed by atoms with van der Waals surface area (Å²) >= 11 is 0. The van der Waals surface area contributed by atoms with Gasteiger partial charge in [0.1, 0.15) is 11.6 Å². The van der Waals surface area contributed by atoms with E-state index in [0.717, 1.165) is 48.3 Å². The Morgan fingerprint density at radius 3 is 2.55 bits per heavy atom. The molecule has 2 amide bonds. The first-order chi connectivity index (χ1) is 20.2. The van der Waals surface area contributed by atoms with Gasteiger partial charge in [0.2, 0.25) is 12.3 Å². The van der Waals surface area contributed by atoms with Gasteiger partial charge in [0.05, 0.1) is 22.9 Å². The standard InChI is InChI=1S/C32H30F3N5O2/c1-18-5-2-3-6-23(18)37-29-27-24(17-32(12-4-13-32)40-31(27)42)38-28(29)20-11-14-36-26(15-20)39-30(41)22(16-25(34)35)19-7-9-21(33)10-8-19/h2-3,5-11,14-15,22,25,37-38H,4,12-13,16-17H2,1H3,(H,40,42)(H,36,39,41)/t22-/m1/s1. The van der Waals surface area contributed by atoms with E-state index in [4.69, 9.17) is 0 Å².